The molecule has 3 amide bonds. The van der Waals surface area contributed by atoms with E-state index in [4.69, 9.17) is 0 Å². The maximum absolute atomic E-state index is 13.9. The number of benzene rings is 3. The van der Waals surface area contributed by atoms with E-state index >= 15 is 0 Å². The molecule has 196 valence electrons. The Hall–Kier alpha value is -3.93. The lowest BCUT2D eigenvalue weighted by Gasteiger charge is -2.33. The summed E-state index contributed by atoms with van der Waals surface area (Å²) in [5, 5.41) is 6.35. The number of nitrogens with zero attached hydrogens (tertiary/aromatic N) is 1. The van der Waals surface area contributed by atoms with Gasteiger partial charge in [0.25, 0.3) is 5.91 Å². The van der Waals surface area contributed by atoms with Gasteiger partial charge < -0.3 is 15.5 Å². The van der Waals surface area contributed by atoms with E-state index in [-0.39, 0.29) is 29.8 Å². The average molecular weight is 510 g/mol. The fourth-order valence-corrected chi connectivity index (χ4v) is 5.78. The molecular weight excluding hydrogens is 474 g/mol. The van der Waals surface area contributed by atoms with Crippen LogP contribution in [-0.2, 0) is 9.59 Å². The van der Waals surface area contributed by atoms with Crippen molar-refractivity contribution in [3.63, 3.8) is 0 Å². The Morgan fingerprint density at radius 2 is 1.16 bits per heavy atom. The molecule has 1 saturated carbocycles. The van der Waals surface area contributed by atoms with Gasteiger partial charge in [0.1, 0.15) is 6.04 Å². The lowest BCUT2D eigenvalue weighted by Crippen LogP contribution is -2.51. The SMILES string of the molecule is O=C(NC1CCC(NC(=O)[C@H]2CCCN2C(=O)C(c2ccccc2)c2ccccc2)CC1)c1ccccc1. The molecule has 2 fully saturated rings. The van der Waals surface area contributed by atoms with Gasteiger partial charge >= 0.3 is 0 Å². The standard InChI is InChI=1S/C32H35N3O3/c36-30(25-15-8-3-9-16-25)33-26-18-20-27(21-19-26)34-31(37)28-17-10-22-35(28)32(38)29(23-11-4-1-5-12-23)24-13-6-2-7-14-24/h1-9,11-16,26-29H,10,17-22H2,(H,33,36)(H,34,37)/t26?,27?,28-/m1/s1. The monoisotopic (exact) mass is 509 g/mol. The van der Waals surface area contributed by atoms with E-state index < -0.39 is 12.0 Å². The zero-order chi connectivity index (χ0) is 26.3. The van der Waals surface area contributed by atoms with Crippen molar-refractivity contribution in [2.75, 3.05) is 6.54 Å². The highest BCUT2D eigenvalue weighted by Gasteiger charge is 2.39. The number of amides is 3. The van der Waals surface area contributed by atoms with Crippen molar-refractivity contribution < 1.29 is 14.4 Å². The molecule has 0 unspecified atom stereocenters. The zero-order valence-electron chi connectivity index (χ0n) is 21.6. The van der Waals surface area contributed by atoms with Crippen LogP contribution in [0.4, 0.5) is 0 Å². The normalized spacial score (nSPS) is 21.2. The molecule has 5 rings (SSSR count). The second-order valence-corrected chi connectivity index (χ2v) is 10.3. The fourth-order valence-electron chi connectivity index (χ4n) is 5.78. The van der Waals surface area contributed by atoms with E-state index in [1.165, 1.54) is 0 Å². The van der Waals surface area contributed by atoms with Gasteiger partial charge in [-0.25, -0.2) is 0 Å². The Kier molecular flexibility index (Phi) is 8.17. The third kappa shape index (κ3) is 5.96. The summed E-state index contributed by atoms with van der Waals surface area (Å²) in [6, 6.07) is 28.6. The molecule has 1 aliphatic carbocycles. The summed E-state index contributed by atoms with van der Waals surface area (Å²) in [7, 11) is 0. The van der Waals surface area contributed by atoms with Crippen LogP contribution >= 0.6 is 0 Å². The number of likely N-dealkylation sites (tertiary alicyclic amines) is 1. The van der Waals surface area contributed by atoms with Gasteiger partial charge in [-0.1, -0.05) is 78.9 Å². The molecule has 1 saturated heterocycles. The Labute approximate surface area is 224 Å². The smallest absolute Gasteiger partial charge is 0.251 e. The third-order valence-corrected chi connectivity index (χ3v) is 7.80. The average Bonchev–Trinajstić information content (AvgIpc) is 3.46. The highest BCUT2D eigenvalue weighted by atomic mass is 16.2. The van der Waals surface area contributed by atoms with Gasteiger partial charge in [0, 0.05) is 24.2 Å². The molecule has 6 heteroatoms. The number of hydrogen-bond acceptors (Lipinski definition) is 3. The first kappa shape index (κ1) is 25.7. The van der Waals surface area contributed by atoms with Crippen molar-refractivity contribution in [2.24, 2.45) is 0 Å². The number of carbonyl (C=O) groups excluding carboxylic acids is 3. The van der Waals surface area contributed by atoms with Crippen LogP contribution in [-0.4, -0.2) is 47.3 Å². The molecule has 1 atom stereocenters. The Bertz CT molecular complexity index is 1190. The Morgan fingerprint density at radius 3 is 1.71 bits per heavy atom. The quantitative estimate of drug-likeness (QED) is 0.486. The summed E-state index contributed by atoms with van der Waals surface area (Å²) in [6.45, 7) is 0.589. The van der Waals surface area contributed by atoms with E-state index in [2.05, 4.69) is 10.6 Å². The van der Waals surface area contributed by atoms with Gasteiger partial charge in [0.05, 0.1) is 5.92 Å². The minimum Gasteiger partial charge on any atom is -0.352 e. The second-order valence-electron chi connectivity index (χ2n) is 10.3. The third-order valence-electron chi connectivity index (χ3n) is 7.80. The van der Waals surface area contributed by atoms with E-state index in [0.29, 0.717) is 18.5 Å². The lowest BCUT2D eigenvalue weighted by molar-refractivity contribution is -0.139. The summed E-state index contributed by atoms with van der Waals surface area (Å²) < 4.78 is 0. The molecule has 0 aromatic heterocycles. The van der Waals surface area contributed by atoms with E-state index in [1.54, 1.807) is 4.90 Å². The number of rotatable bonds is 7. The first-order valence-corrected chi connectivity index (χ1v) is 13.7. The van der Waals surface area contributed by atoms with Crippen molar-refractivity contribution >= 4 is 17.7 Å². The van der Waals surface area contributed by atoms with Crippen molar-refractivity contribution in [1.82, 2.24) is 15.5 Å². The molecule has 1 aliphatic heterocycles. The van der Waals surface area contributed by atoms with Crippen LogP contribution in [0.15, 0.2) is 91.0 Å². The van der Waals surface area contributed by atoms with Crippen molar-refractivity contribution in [3.8, 4) is 0 Å². The maximum atomic E-state index is 13.9. The van der Waals surface area contributed by atoms with Gasteiger partial charge in [-0.3, -0.25) is 14.4 Å². The van der Waals surface area contributed by atoms with Crippen LogP contribution in [0.3, 0.4) is 0 Å². The van der Waals surface area contributed by atoms with Gasteiger partial charge in [-0.15, -0.1) is 0 Å². The minimum atomic E-state index is -0.451. The molecule has 2 aliphatic rings. The molecular formula is C32H35N3O3. The van der Waals surface area contributed by atoms with Crippen LogP contribution in [0.25, 0.3) is 0 Å². The van der Waals surface area contributed by atoms with Crippen LogP contribution in [0.2, 0.25) is 0 Å². The molecule has 3 aromatic rings. The lowest BCUT2D eigenvalue weighted by atomic mass is 9.89. The van der Waals surface area contributed by atoms with Crippen molar-refractivity contribution in [2.45, 2.75) is 62.6 Å². The summed E-state index contributed by atoms with van der Waals surface area (Å²) in [6.07, 6.45) is 4.75. The highest BCUT2D eigenvalue weighted by Crippen LogP contribution is 2.31. The van der Waals surface area contributed by atoms with Crippen LogP contribution in [0.5, 0.6) is 0 Å². The first-order valence-electron chi connectivity index (χ1n) is 13.7. The van der Waals surface area contributed by atoms with E-state index in [0.717, 1.165) is 43.2 Å². The minimum absolute atomic E-state index is 0.0209. The van der Waals surface area contributed by atoms with Gasteiger partial charge in [0.2, 0.25) is 11.8 Å². The molecule has 38 heavy (non-hydrogen) atoms. The maximum Gasteiger partial charge on any atom is 0.251 e. The summed E-state index contributed by atoms with van der Waals surface area (Å²) in [5.41, 5.74) is 2.54. The molecule has 2 N–H and O–H groups in total. The van der Waals surface area contributed by atoms with Crippen LogP contribution in [0.1, 0.15) is 65.9 Å². The summed E-state index contributed by atoms with van der Waals surface area (Å²) in [5.74, 6) is -0.570. The predicted molar refractivity (Wildman–Crippen MR) is 148 cm³/mol. The Morgan fingerprint density at radius 1 is 0.658 bits per heavy atom. The van der Waals surface area contributed by atoms with E-state index in [1.807, 2.05) is 91.0 Å². The van der Waals surface area contributed by atoms with Crippen molar-refractivity contribution in [1.29, 1.82) is 0 Å². The van der Waals surface area contributed by atoms with Gasteiger partial charge in [-0.05, 0) is 61.8 Å². The molecule has 0 bridgehead atoms. The molecule has 0 radical (unpaired) electrons. The molecule has 3 aromatic carbocycles. The van der Waals surface area contributed by atoms with Gasteiger partial charge in [-0.2, -0.15) is 0 Å². The van der Waals surface area contributed by atoms with Crippen LogP contribution in [0, 0.1) is 0 Å². The first-order chi connectivity index (χ1) is 18.6. The van der Waals surface area contributed by atoms with Gasteiger partial charge in [0.15, 0.2) is 0 Å². The number of nitrogens with one attached hydrogen (secondary N) is 2. The number of carbonyl (C=O) groups is 3. The van der Waals surface area contributed by atoms with E-state index in [9.17, 15) is 14.4 Å². The predicted octanol–water partition coefficient (Wildman–Crippen LogP) is 4.67. The highest BCUT2D eigenvalue weighted by molar-refractivity contribution is 5.94. The molecule has 6 nitrogen and oxygen atoms in total. The van der Waals surface area contributed by atoms with Crippen LogP contribution < -0.4 is 10.6 Å². The summed E-state index contributed by atoms with van der Waals surface area (Å²) >= 11 is 0. The second kappa shape index (κ2) is 12.1. The topological polar surface area (TPSA) is 78.5 Å². The fraction of sp³-hybridized carbons (Fsp3) is 0.344. The zero-order valence-corrected chi connectivity index (χ0v) is 21.6. The molecule has 1 heterocycles. The van der Waals surface area contributed by atoms with Crippen molar-refractivity contribution in [3.05, 3.63) is 108 Å². The Balaban J connectivity index is 1.20. The largest absolute Gasteiger partial charge is 0.352 e. The molecule has 0 spiro atoms. The summed E-state index contributed by atoms with van der Waals surface area (Å²) in [4.78, 5) is 41.6. The number of hydrogen-bond donors (Lipinski definition) is 2.